The number of anilines is 1. The van der Waals surface area contributed by atoms with E-state index in [1.807, 2.05) is 6.07 Å². The highest BCUT2D eigenvalue weighted by atomic mass is 16.4. The molecule has 1 atom stereocenters. The van der Waals surface area contributed by atoms with Crippen molar-refractivity contribution in [1.29, 1.82) is 0 Å². The van der Waals surface area contributed by atoms with Crippen LogP contribution in [-0.2, 0) is 22.4 Å². The summed E-state index contributed by atoms with van der Waals surface area (Å²) in [6, 6.07) is 3.73. The Morgan fingerprint density at radius 3 is 2.52 bits per heavy atom. The minimum absolute atomic E-state index is 0.441. The van der Waals surface area contributed by atoms with Crippen LogP contribution in [0.2, 0.25) is 0 Å². The lowest BCUT2D eigenvalue weighted by molar-refractivity contribution is -0.149. The van der Waals surface area contributed by atoms with E-state index < -0.39 is 23.2 Å². The maximum atomic E-state index is 12.2. The van der Waals surface area contributed by atoms with Crippen molar-refractivity contribution < 1.29 is 14.7 Å². The molecule has 2 rings (SSSR count). The van der Waals surface area contributed by atoms with Gasteiger partial charge in [-0.15, -0.1) is 0 Å². The number of aromatic nitrogens is 1. The van der Waals surface area contributed by atoms with E-state index in [1.54, 1.807) is 26.8 Å². The molecule has 1 aliphatic rings. The summed E-state index contributed by atoms with van der Waals surface area (Å²) < 4.78 is 0. The van der Waals surface area contributed by atoms with Gasteiger partial charge in [0, 0.05) is 5.69 Å². The molecule has 21 heavy (non-hydrogen) atoms. The van der Waals surface area contributed by atoms with Crippen molar-refractivity contribution in [3.8, 4) is 0 Å². The van der Waals surface area contributed by atoms with Gasteiger partial charge in [0.25, 0.3) is 0 Å². The molecule has 1 amide bonds. The number of aryl methyl sites for hydroxylation is 2. The van der Waals surface area contributed by atoms with Crippen LogP contribution in [0.1, 0.15) is 44.9 Å². The topological polar surface area (TPSA) is 79.3 Å². The van der Waals surface area contributed by atoms with E-state index >= 15 is 0 Å². The molecule has 2 N–H and O–H groups in total. The van der Waals surface area contributed by atoms with Crippen LogP contribution in [0.4, 0.5) is 5.82 Å². The van der Waals surface area contributed by atoms with Crippen molar-refractivity contribution in [2.24, 2.45) is 11.3 Å². The Morgan fingerprint density at radius 1 is 1.24 bits per heavy atom. The molecule has 0 aromatic carbocycles. The lowest BCUT2D eigenvalue weighted by Crippen LogP contribution is -2.39. The minimum atomic E-state index is -1.11. The van der Waals surface area contributed by atoms with E-state index in [2.05, 4.69) is 10.3 Å². The number of carbonyl (C=O) groups excluding carboxylic acids is 1. The monoisotopic (exact) mass is 290 g/mol. The molecule has 1 aromatic heterocycles. The molecule has 0 fully saturated rings. The van der Waals surface area contributed by atoms with Gasteiger partial charge in [0.15, 0.2) is 0 Å². The van der Waals surface area contributed by atoms with E-state index in [-0.39, 0.29) is 0 Å². The molecule has 0 spiro atoms. The molecule has 0 aliphatic heterocycles. The molecule has 0 saturated carbocycles. The van der Waals surface area contributed by atoms with Crippen molar-refractivity contribution >= 4 is 17.7 Å². The summed E-state index contributed by atoms with van der Waals surface area (Å²) in [5.41, 5.74) is 1.59. The first-order valence-electron chi connectivity index (χ1n) is 7.31. The molecule has 0 bridgehead atoms. The van der Waals surface area contributed by atoms with Crippen LogP contribution in [0.25, 0.3) is 0 Å². The van der Waals surface area contributed by atoms with E-state index in [4.69, 9.17) is 0 Å². The Bertz CT molecular complexity index is 561. The van der Waals surface area contributed by atoms with Crippen molar-refractivity contribution in [2.75, 3.05) is 5.32 Å². The zero-order valence-corrected chi connectivity index (χ0v) is 12.8. The van der Waals surface area contributed by atoms with Gasteiger partial charge >= 0.3 is 5.97 Å². The van der Waals surface area contributed by atoms with Crippen LogP contribution in [0.3, 0.4) is 0 Å². The number of pyridine rings is 1. The van der Waals surface area contributed by atoms with Crippen LogP contribution in [0, 0.1) is 11.3 Å². The zero-order chi connectivity index (χ0) is 15.6. The van der Waals surface area contributed by atoms with E-state index in [0.29, 0.717) is 5.82 Å². The molecule has 114 valence electrons. The number of amides is 1. The fourth-order valence-electron chi connectivity index (χ4n) is 2.73. The Kier molecular flexibility index (Phi) is 4.30. The first kappa shape index (κ1) is 15.5. The molecular weight excluding hydrogens is 268 g/mol. The fourth-order valence-corrected chi connectivity index (χ4v) is 2.73. The first-order valence-corrected chi connectivity index (χ1v) is 7.31. The third kappa shape index (κ3) is 3.60. The summed E-state index contributed by atoms with van der Waals surface area (Å²) in [6.45, 7) is 5.23. The predicted molar refractivity (Wildman–Crippen MR) is 80.1 cm³/mol. The second-order valence-electron chi connectivity index (χ2n) is 6.64. The SMILES string of the molecule is CC(C)(C)C(C(=O)O)C(=O)Nc1ccc2c(n1)CCCC2. The van der Waals surface area contributed by atoms with Crippen molar-refractivity contribution in [1.82, 2.24) is 4.98 Å². The van der Waals surface area contributed by atoms with Gasteiger partial charge in [-0.1, -0.05) is 26.8 Å². The zero-order valence-electron chi connectivity index (χ0n) is 12.8. The van der Waals surface area contributed by atoms with Crippen molar-refractivity contribution in [3.05, 3.63) is 23.4 Å². The van der Waals surface area contributed by atoms with E-state index in [0.717, 1.165) is 25.0 Å². The fraction of sp³-hybridized carbons (Fsp3) is 0.562. The maximum Gasteiger partial charge on any atom is 0.316 e. The van der Waals surface area contributed by atoms with Crippen molar-refractivity contribution in [2.45, 2.75) is 46.5 Å². The number of carboxylic acid groups (broad SMARTS) is 1. The molecule has 1 unspecified atom stereocenters. The highest BCUT2D eigenvalue weighted by Crippen LogP contribution is 2.28. The Labute approximate surface area is 124 Å². The van der Waals surface area contributed by atoms with E-state index in [1.165, 1.54) is 12.0 Å². The van der Waals surface area contributed by atoms with Gasteiger partial charge in [-0.25, -0.2) is 4.98 Å². The smallest absolute Gasteiger partial charge is 0.316 e. The summed E-state index contributed by atoms with van der Waals surface area (Å²) in [6.07, 6.45) is 4.22. The second kappa shape index (κ2) is 5.84. The number of carboxylic acids is 1. The number of nitrogens with one attached hydrogen (secondary N) is 1. The average molecular weight is 290 g/mol. The number of hydrogen-bond donors (Lipinski definition) is 2. The molecule has 5 heteroatoms. The van der Waals surface area contributed by atoms with Gasteiger partial charge in [0.2, 0.25) is 5.91 Å². The summed E-state index contributed by atoms with van der Waals surface area (Å²) in [7, 11) is 0. The summed E-state index contributed by atoms with van der Waals surface area (Å²) in [5.74, 6) is -2.29. The number of nitrogens with zero attached hydrogens (tertiary/aromatic N) is 1. The third-order valence-corrected chi connectivity index (χ3v) is 3.80. The number of carbonyl (C=O) groups is 2. The predicted octanol–water partition coefficient (Wildman–Crippen LogP) is 2.65. The summed E-state index contributed by atoms with van der Waals surface area (Å²) >= 11 is 0. The largest absolute Gasteiger partial charge is 0.481 e. The van der Waals surface area contributed by atoms with Crippen LogP contribution in [0.15, 0.2) is 12.1 Å². The highest BCUT2D eigenvalue weighted by molar-refractivity contribution is 6.04. The molecule has 1 aliphatic carbocycles. The number of rotatable bonds is 3. The molecule has 0 saturated heterocycles. The van der Waals surface area contributed by atoms with Gasteiger partial charge in [-0.3, -0.25) is 9.59 Å². The Hall–Kier alpha value is -1.91. The first-order chi connectivity index (χ1) is 9.79. The highest BCUT2D eigenvalue weighted by Gasteiger charge is 2.37. The van der Waals surface area contributed by atoms with Gasteiger partial charge in [0.05, 0.1) is 0 Å². The van der Waals surface area contributed by atoms with E-state index in [9.17, 15) is 14.7 Å². The third-order valence-electron chi connectivity index (χ3n) is 3.80. The standard InChI is InChI=1S/C16H22N2O3/c1-16(2,3)13(15(20)21)14(19)18-12-9-8-10-6-4-5-7-11(10)17-12/h8-9,13H,4-7H2,1-3H3,(H,20,21)(H,17,18,19). The van der Waals surface area contributed by atoms with Crippen LogP contribution in [0.5, 0.6) is 0 Å². The maximum absolute atomic E-state index is 12.2. The van der Waals surface area contributed by atoms with Crippen LogP contribution in [-0.4, -0.2) is 22.0 Å². The lowest BCUT2D eigenvalue weighted by Gasteiger charge is -2.26. The van der Waals surface area contributed by atoms with Crippen LogP contribution < -0.4 is 5.32 Å². The average Bonchev–Trinajstić information content (AvgIpc) is 2.36. The normalized spacial score (nSPS) is 16.0. The number of fused-ring (bicyclic) bond motifs is 1. The molecule has 0 radical (unpaired) electrons. The quantitative estimate of drug-likeness (QED) is 0.839. The Balaban J connectivity index is 2.17. The summed E-state index contributed by atoms with van der Waals surface area (Å²) in [5, 5.41) is 11.9. The second-order valence-corrected chi connectivity index (χ2v) is 6.64. The molecular formula is C16H22N2O3. The van der Waals surface area contributed by atoms with Crippen LogP contribution >= 0.6 is 0 Å². The number of hydrogen-bond acceptors (Lipinski definition) is 3. The van der Waals surface area contributed by atoms with Gasteiger partial charge in [0.1, 0.15) is 11.7 Å². The van der Waals surface area contributed by atoms with Gasteiger partial charge in [-0.2, -0.15) is 0 Å². The minimum Gasteiger partial charge on any atom is -0.481 e. The summed E-state index contributed by atoms with van der Waals surface area (Å²) in [4.78, 5) is 28.0. The van der Waals surface area contributed by atoms with Gasteiger partial charge < -0.3 is 10.4 Å². The lowest BCUT2D eigenvalue weighted by atomic mass is 9.80. The molecule has 1 aromatic rings. The molecule has 5 nitrogen and oxygen atoms in total. The van der Waals surface area contributed by atoms with Crippen molar-refractivity contribution in [3.63, 3.8) is 0 Å². The number of aliphatic carboxylic acids is 1. The Morgan fingerprint density at radius 2 is 1.90 bits per heavy atom. The van der Waals surface area contributed by atoms with Gasteiger partial charge in [-0.05, 0) is 42.7 Å². The molecule has 1 heterocycles.